The number of rotatable bonds is 7. The minimum atomic E-state index is -3.90. The topological polar surface area (TPSA) is 99.5 Å². The minimum absolute atomic E-state index is 0.0234. The molecule has 2 aromatic carbocycles. The zero-order valence-corrected chi connectivity index (χ0v) is 21.3. The van der Waals surface area contributed by atoms with Gasteiger partial charge in [0.25, 0.3) is 10.0 Å². The van der Waals surface area contributed by atoms with E-state index in [2.05, 4.69) is 9.71 Å². The largest absolute Gasteiger partial charge is 0.461 e. The molecule has 4 aromatic rings. The number of hydrogen-bond acceptors (Lipinski definition) is 6. The molecular weight excluding hydrogens is 513 g/mol. The van der Waals surface area contributed by atoms with Gasteiger partial charge < -0.3 is 14.0 Å². The summed E-state index contributed by atoms with van der Waals surface area (Å²) < 4.78 is 40.7. The van der Waals surface area contributed by atoms with Crippen LogP contribution in [0.3, 0.4) is 0 Å². The molecule has 0 aliphatic rings. The summed E-state index contributed by atoms with van der Waals surface area (Å²) in [6.07, 6.45) is 1.37. The van der Waals surface area contributed by atoms with Gasteiger partial charge in [0, 0.05) is 24.6 Å². The highest BCUT2D eigenvalue weighted by Gasteiger charge is 2.18. The Morgan fingerprint density at radius 2 is 1.86 bits per heavy atom. The Labute approximate surface area is 212 Å². The van der Waals surface area contributed by atoms with Gasteiger partial charge >= 0.3 is 5.97 Å². The van der Waals surface area contributed by atoms with Gasteiger partial charge in [-0.1, -0.05) is 23.2 Å². The third-order valence-corrected chi connectivity index (χ3v) is 7.36. The van der Waals surface area contributed by atoms with Gasteiger partial charge in [-0.3, -0.25) is 4.72 Å². The van der Waals surface area contributed by atoms with Crippen molar-refractivity contribution < 1.29 is 22.7 Å². The van der Waals surface area contributed by atoms with Gasteiger partial charge in [-0.15, -0.1) is 0 Å². The first-order valence-corrected chi connectivity index (χ1v) is 12.7. The van der Waals surface area contributed by atoms with E-state index in [0.717, 1.165) is 10.9 Å². The SMILES string of the molecule is CCOC(=O)c1cc2ccc(Oc3cc(C)c(NS(=O)(=O)c4ccc(Cl)c(Cl)c4)cn3)cc2n1C. The maximum Gasteiger partial charge on any atom is 0.354 e. The van der Waals surface area contributed by atoms with Crippen LogP contribution < -0.4 is 9.46 Å². The van der Waals surface area contributed by atoms with Crippen molar-refractivity contribution in [3.63, 3.8) is 0 Å². The van der Waals surface area contributed by atoms with Crippen LogP contribution in [0.1, 0.15) is 23.0 Å². The van der Waals surface area contributed by atoms with E-state index in [1.165, 1.54) is 24.4 Å². The molecule has 0 atom stereocenters. The van der Waals surface area contributed by atoms with E-state index in [4.69, 9.17) is 32.7 Å². The molecule has 0 aliphatic heterocycles. The zero-order chi connectivity index (χ0) is 25.3. The zero-order valence-electron chi connectivity index (χ0n) is 19.0. The number of sulfonamides is 1. The van der Waals surface area contributed by atoms with E-state index in [0.29, 0.717) is 29.3 Å². The van der Waals surface area contributed by atoms with Crippen LogP contribution in [0.15, 0.2) is 59.6 Å². The van der Waals surface area contributed by atoms with Crippen molar-refractivity contribution in [2.45, 2.75) is 18.7 Å². The van der Waals surface area contributed by atoms with Crippen LogP contribution in [0.25, 0.3) is 10.9 Å². The number of benzene rings is 2. The summed E-state index contributed by atoms with van der Waals surface area (Å²) in [5.74, 6) is 0.383. The highest BCUT2D eigenvalue weighted by atomic mass is 35.5. The number of anilines is 1. The molecule has 11 heteroatoms. The maximum absolute atomic E-state index is 12.7. The summed E-state index contributed by atoms with van der Waals surface area (Å²) in [5.41, 5.74) is 2.11. The van der Waals surface area contributed by atoms with E-state index in [9.17, 15) is 13.2 Å². The summed E-state index contributed by atoms with van der Waals surface area (Å²) in [7, 11) is -2.13. The van der Waals surface area contributed by atoms with Gasteiger partial charge in [0.05, 0.1) is 38.9 Å². The predicted molar refractivity (Wildman–Crippen MR) is 135 cm³/mol. The monoisotopic (exact) mass is 533 g/mol. The third kappa shape index (κ3) is 5.22. The number of pyridine rings is 1. The Balaban J connectivity index is 1.55. The Kier molecular flexibility index (Phi) is 6.93. The maximum atomic E-state index is 12.7. The third-order valence-electron chi connectivity index (χ3n) is 5.26. The molecule has 0 spiro atoms. The molecule has 0 saturated carbocycles. The Morgan fingerprint density at radius 1 is 1.09 bits per heavy atom. The van der Waals surface area contributed by atoms with Crippen LogP contribution in [-0.2, 0) is 21.8 Å². The summed E-state index contributed by atoms with van der Waals surface area (Å²) in [6.45, 7) is 3.78. The Bertz CT molecular complexity index is 1550. The second-order valence-corrected chi connectivity index (χ2v) is 10.1. The lowest BCUT2D eigenvalue weighted by Crippen LogP contribution is -2.14. The van der Waals surface area contributed by atoms with Crippen LogP contribution in [0, 0.1) is 6.92 Å². The number of halogens is 2. The van der Waals surface area contributed by atoms with E-state index in [1.54, 1.807) is 49.7 Å². The smallest absolute Gasteiger partial charge is 0.354 e. The van der Waals surface area contributed by atoms with E-state index >= 15 is 0 Å². The van der Waals surface area contributed by atoms with Gasteiger partial charge in [0.15, 0.2) is 0 Å². The second kappa shape index (κ2) is 9.77. The quantitative estimate of drug-likeness (QED) is 0.294. The first-order chi connectivity index (χ1) is 16.6. The second-order valence-electron chi connectivity index (χ2n) is 7.65. The molecule has 1 N–H and O–H groups in total. The van der Waals surface area contributed by atoms with Crippen molar-refractivity contribution >= 4 is 55.8 Å². The van der Waals surface area contributed by atoms with Crippen LogP contribution in [-0.4, -0.2) is 30.5 Å². The summed E-state index contributed by atoms with van der Waals surface area (Å²) in [5, 5.41) is 1.26. The highest BCUT2D eigenvalue weighted by Crippen LogP contribution is 2.30. The van der Waals surface area contributed by atoms with Crippen LogP contribution in [0.4, 0.5) is 5.69 Å². The number of nitrogens with zero attached hydrogens (tertiary/aromatic N) is 2. The number of carbonyl (C=O) groups excluding carboxylic acids is 1. The van der Waals surface area contributed by atoms with Gasteiger partial charge in [-0.2, -0.15) is 0 Å². The number of aromatic nitrogens is 2. The van der Waals surface area contributed by atoms with Crippen molar-refractivity contribution in [1.29, 1.82) is 0 Å². The van der Waals surface area contributed by atoms with Crippen molar-refractivity contribution in [3.8, 4) is 11.6 Å². The Morgan fingerprint density at radius 3 is 2.54 bits per heavy atom. The van der Waals surface area contributed by atoms with Gasteiger partial charge in [-0.25, -0.2) is 18.2 Å². The van der Waals surface area contributed by atoms with Crippen LogP contribution >= 0.6 is 23.2 Å². The molecular formula is C24H21Cl2N3O5S. The number of fused-ring (bicyclic) bond motifs is 1. The lowest BCUT2D eigenvalue weighted by molar-refractivity contribution is 0.0516. The van der Waals surface area contributed by atoms with Crippen LogP contribution in [0.2, 0.25) is 10.0 Å². The molecule has 35 heavy (non-hydrogen) atoms. The van der Waals surface area contributed by atoms with Crippen molar-refractivity contribution in [2.75, 3.05) is 11.3 Å². The van der Waals surface area contributed by atoms with E-state index in [1.807, 2.05) is 6.07 Å². The lowest BCUT2D eigenvalue weighted by Gasteiger charge is -2.12. The summed E-state index contributed by atoms with van der Waals surface area (Å²) in [6, 6.07) is 12.8. The molecule has 4 rings (SSSR count). The summed E-state index contributed by atoms with van der Waals surface area (Å²) >= 11 is 11.8. The number of aryl methyl sites for hydroxylation is 2. The number of hydrogen-bond donors (Lipinski definition) is 1. The van der Waals surface area contributed by atoms with Crippen molar-refractivity contribution in [3.05, 3.63) is 76.0 Å². The number of ether oxygens (including phenoxy) is 2. The Hall–Kier alpha value is -3.27. The molecule has 0 radical (unpaired) electrons. The molecule has 0 amide bonds. The molecule has 0 saturated heterocycles. The van der Waals surface area contributed by atoms with Crippen LogP contribution in [0.5, 0.6) is 11.6 Å². The van der Waals surface area contributed by atoms with E-state index < -0.39 is 16.0 Å². The lowest BCUT2D eigenvalue weighted by atomic mass is 10.2. The van der Waals surface area contributed by atoms with Gasteiger partial charge in [0.1, 0.15) is 11.4 Å². The summed E-state index contributed by atoms with van der Waals surface area (Å²) in [4.78, 5) is 16.4. The molecule has 0 aliphatic carbocycles. The first-order valence-electron chi connectivity index (χ1n) is 10.5. The molecule has 182 valence electrons. The average Bonchev–Trinajstić information content (AvgIpc) is 3.13. The number of carbonyl (C=O) groups is 1. The molecule has 0 unspecified atom stereocenters. The van der Waals surface area contributed by atoms with E-state index in [-0.39, 0.29) is 20.8 Å². The van der Waals surface area contributed by atoms with Gasteiger partial charge in [-0.05, 0) is 55.8 Å². The molecule has 2 aromatic heterocycles. The standard InChI is InChI=1S/C24H21Cl2N3O5S/c1-4-33-24(30)22-10-15-5-6-16(11-21(15)29(22)3)34-23-9-14(2)20(13-27-23)28-35(31,32)17-7-8-18(25)19(26)12-17/h5-13,28H,4H2,1-3H3. The first kappa shape index (κ1) is 24.8. The molecule has 0 bridgehead atoms. The fourth-order valence-electron chi connectivity index (χ4n) is 3.44. The average molecular weight is 534 g/mol. The molecule has 2 heterocycles. The molecule has 0 fully saturated rings. The van der Waals surface area contributed by atoms with Crippen molar-refractivity contribution in [2.24, 2.45) is 7.05 Å². The minimum Gasteiger partial charge on any atom is -0.461 e. The van der Waals surface area contributed by atoms with Gasteiger partial charge in [0.2, 0.25) is 5.88 Å². The normalized spacial score (nSPS) is 11.5. The molecule has 8 nitrogen and oxygen atoms in total. The fourth-order valence-corrected chi connectivity index (χ4v) is 4.94. The predicted octanol–water partition coefficient (Wildman–Crippen LogP) is 5.96. The van der Waals surface area contributed by atoms with Crippen molar-refractivity contribution in [1.82, 2.24) is 9.55 Å². The number of esters is 1. The fraction of sp³-hybridized carbons (Fsp3) is 0.167. The number of nitrogens with one attached hydrogen (secondary N) is 1. The highest BCUT2D eigenvalue weighted by molar-refractivity contribution is 7.92.